The van der Waals surface area contributed by atoms with Crippen molar-refractivity contribution in [3.63, 3.8) is 0 Å². The first-order chi connectivity index (χ1) is 12.1. The third-order valence-corrected chi connectivity index (χ3v) is 8.80. The van der Waals surface area contributed by atoms with E-state index in [2.05, 4.69) is 13.8 Å². The van der Waals surface area contributed by atoms with Gasteiger partial charge in [-0.1, -0.05) is 19.4 Å². The number of esters is 1. The van der Waals surface area contributed by atoms with Crippen LogP contribution < -0.4 is 0 Å². The normalized spacial score (nSPS) is 50.3. The maximum Gasteiger partial charge on any atom is 0.302 e. The summed E-state index contributed by atoms with van der Waals surface area (Å²) >= 11 is 0. The molecule has 4 aliphatic rings. The van der Waals surface area contributed by atoms with Crippen molar-refractivity contribution in [1.29, 1.82) is 0 Å². The van der Waals surface area contributed by atoms with Gasteiger partial charge in [-0.05, 0) is 74.2 Å². The lowest BCUT2D eigenvalue weighted by Crippen LogP contribution is -2.56. The van der Waals surface area contributed by atoms with Gasteiger partial charge in [0.2, 0.25) is 0 Å². The molecule has 4 nitrogen and oxygen atoms in total. The molecular weight excluding hydrogens is 328 g/mol. The van der Waals surface area contributed by atoms with Gasteiger partial charge in [-0.3, -0.25) is 9.59 Å². The van der Waals surface area contributed by atoms with Gasteiger partial charge in [0.15, 0.2) is 5.78 Å². The van der Waals surface area contributed by atoms with E-state index in [1.54, 1.807) is 0 Å². The molecule has 0 spiro atoms. The smallest absolute Gasteiger partial charge is 0.302 e. The van der Waals surface area contributed by atoms with Gasteiger partial charge in [-0.25, -0.2) is 0 Å². The second-order valence-corrected chi connectivity index (χ2v) is 9.97. The average molecular weight is 360 g/mol. The fourth-order valence-corrected chi connectivity index (χ4v) is 6.95. The van der Waals surface area contributed by atoms with Crippen LogP contribution >= 0.6 is 0 Å². The topological polar surface area (TPSA) is 63.6 Å². The van der Waals surface area contributed by atoms with E-state index in [0.29, 0.717) is 12.3 Å². The predicted molar refractivity (Wildman–Crippen MR) is 98.3 cm³/mol. The van der Waals surface area contributed by atoms with Crippen LogP contribution in [0.4, 0.5) is 0 Å². The van der Waals surface area contributed by atoms with Crippen molar-refractivity contribution in [2.45, 2.75) is 84.3 Å². The van der Waals surface area contributed by atoms with Crippen LogP contribution in [0.1, 0.15) is 72.6 Å². The molecule has 3 fully saturated rings. The van der Waals surface area contributed by atoms with Gasteiger partial charge in [-0.2, -0.15) is 0 Å². The largest absolute Gasteiger partial charge is 0.462 e. The molecule has 0 amide bonds. The molecule has 0 bridgehead atoms. The SMILES string of the molecule is CC(=O)O[C@H]1CC[C@@]2(C)C(=CC(=O)C3C2CC[C@@]2(C)C3CC[C@]2(C)O)C1. The first-order valence-corrected chi connectivity index (χ1v) is 10.2. The zero-order valence-corrected chi connectivity index (χ0v) is 16.5. The lowest BCUT2D eigenvalue weighted by molar-refractivity contribution is -0.151. The molecule has 0 aromatic carbocycles. The molecule has 0 saturated heterocycles. The first kappa shape index (κ1) is 18.2. The van der Waals surface area contributed by atoms with Crippen molar-refractivity contribution in [1.82, 2.24) is 0 Å². The monoisotopic (exact) mass is 360 g/mol. The third-order valence-electron chi connectivity index (χ3n) is 8.80. The molecule has 4 rings (SSSR count). The van der Waals surface area contributed by atoms with Gasteiger partial charge in [-0.15, -0.1) is 0 Å². The summed E-state index contributed by atoms with van der Waals surface area (Å²) in [7, 11) is 0. The van der Waals surface area contributed by atoms with Crippen molar-refractivity contribution in [2.75, 3.05) is 0 Å². The highest BCUT2D eigenvalue weighted by Crippen LogP contribution is 2.66. The number of ether oxygens (including phenoxy) is 1. The molecule has 4 heteroatoms. The van der Waals surface area contributed by atoms with E-state index in [0.717, 1.165) is 38.5 Å². The van der Waals surface area contributed by atoms with Gasteiger partial charge in [0.05, 0.1) is 5.60 Å². The van der Waals surface area contributed by atoms with E-state index < -0.39 is 5.60 Å². The molecule has 0 aliphatic heterocycles. The number of hydrogen-bond acceptors (Lipinski definition) is 4. The fraction of sp³-hybridized carbons (Fsp3) is 0.818. The molecular formula is C22H32O4. The van der Waals surface area contributed by atoms with E-state index in [1.807, 2.05) is 13.0 Å². The molecule has 4 aliphatic carbocycles. The quantitative estimate of drug-likeness (QED) is 0.722. The Labute approximate surface area is 156 Å². The molecule has 144 valence electrons. The minimum absolute atomic E-state index is 0.0327. The molecule has 0 heterocycles. The Balaban J connectivity index is 1.67. The molecule has 3 unspecified atom stereocenters. The van der Waals surface area contributed by atoms with Crippen LogP contribution in [0.2, 0.25) is 0 Å². The van der Waals surface area contributed by atoms with Crippen molar-refractivity contribution < 1.29 is 19.4 Å². The number of hydrogen-bond donors (Lipinski definition) is 1. The standard InChI is InChI=1S/C22H32O4/c1-13(23)26-15-5-8-20(2)14(11-15)12-18(24)19-16(20)6-9-21(3)17(19)7-10-22(21,4)25/h12,15-17,19,25H,5-11H2,1-4H3/t15-,16?,17?,19?,20-,21-,22-/m0/s1. The highest BCUT2D eigenvalue weighted by molar-refractivity contribution is 5.94. The number of aliphatic hydroxyl groups is 1. The minimum Gasteiger partial charge on any atom is -0.462 e. The molecule has 7 atom stereocenters. The lowest BCUT2D eigenvalue weighted by Gasteiger charge is -2.57. The van der Waals surface area contributed by atoms with Crippen LogP contribution in [0.3, 0.4) is 0 Å². The van der Waals surface area contributed by atoms with Gasteiger partial charge < -0.3 is 9.84 Å². The summed E-state index contributed by atoms with van der Waals surface area (Å²) < 4.78 is 5.44. The number of ketones is 1. The Morgan fingerprint density at radius 1 is 1.12 bits per heavy atom. The summed E-state index contributed by atoms with van der Waals surface area (Å²) in [6.07, 6.45) is 8.10. The van der Waals surface area contributed by atoms with Crippen LogP contribution in [0.15, 0.2) is 11.6 Å². The Morgan fingerprint density at radius 3 is 2.50 bits per heavy atom. The van der Waals surface area contributed by atoms with Gasteiger partial charge in [0, 0.05) is 19.3 Å². The zero-order chi connectivity index (χ0) is 18.9. The van der Waals surface area contributed by atoms with Crippen LogP contribution in [-0.2, 0) is 14.3 Å². The number of rotatable bonds is 1. The molecule has 0 aromatic heterocycles. The summed E-state index contributed by atoms with van der Waals surface area (Å²) in [5, 5.41) is 11.0. The molecule has 26 heavy (non-hydrogen) atoms. The van der Waals surface area contributed by atoms with Crippen LogP contribution in [-0.4, -0.2) is 28.6 Å². The second kappa shape index (κ2) is 5.67. The van der Waals surface area contributed by atoms with Crippen molar-refractivity contribution in [2.24, 2.45) is 28.6 Å². The van der Waals surface area contributed by atoms with Crippen molar-refractivity contribution in [3.05, 3.63) is 11.6 Å². The number of carbonyl (C=O) groups excluding carboxylic acids is 2. The van der Waals surface area contributed by atoms with E-state index >= 15 is 0 Å². The van der Waals surface area contributed by atoms with Crippen LogP contribution in [0.25, 0.3) is 0 Å². The summed E-state index contributed by atoms with van der Waals surface area (Å²) in [5.41, 5.74) is 0.404. The van der Waals surface area contributed by atoms with E-state index in [1.165, 1.54) is 12.5 Å². The van der Waals surface area contributed by atoms with Crippen molar-refractivity contribution in [3.8, 4) is 0 Å². The summed E-state index contributed by atoms with van der Waals surface area (Å²) in [4.78, 5) is 24.5. The zero-order valence-electron chi connectivity index (χ0n) is 16.5. The highest BCUT2D eigenvalue weighted by Gasteiger charge is 2.64. The highest BCUT2D eigenvalue weighted by atomic mass is 16.5. The van der Waals surface area contributed by atoms with Gasteiger partial charge in [0.25, 0.3) is 0 Å². The molecule has 0 aromatic rings. The summed E-state index contributed by atoms with van der Waals surface area (Å²) in [6, 6.07) is 0. The van der Waals surface area contributed by atoms with Gasteiger partial charge >= 0.3 is 5.97 Å². The Hall–Kier alpha value is -1.16. The first-order valence-electron chi connectivity index (χ1n) is 10.2. The Kier molecular flexibility index (Phi) is 3.97. The Bertz CT molecular complexity index is 678. The number of carbonyl (C=O) groups is 2. The summed E-state index contributed by atoms with van der Waals surface area (Å²) in [6.45, 7) is 7.95. The Morgan fingerprint density at radius 2 is 1.81 bits per heavy atom. The second-order valence-electron chi connectivity index (χ2n) is 9.97. The van der Waals surface area contributed by atoms with E-state index in [-0.39, 0.29) is 40.5 Å². The molecule has 3 saturated carbocycles. The fourth-order valence-electron chi connectivity index (χ4n) is 6.95. The van der Waals surface area contributed by atoms with Crippen LogP contribution in [0.5, 0.6) is 0 Å². The van der Waals surface area contributed by atoms with Crippen molar-refractivity contribution >= 4 is 11.8 Å². The molecule has 0 radical (unpaired) electrons. The maximum absolute atomic E-state index is 13.2. The maximum atomic E-state index is 13.2. The van der Waals surface area contributed by atoms with E-state index in [4.69, 9.17) is 4.74 Å². The predicted octanol–water partition coefficient (Wildman–Crippen LogP) is 3.81. The number of fused-ring (bicyclic) bond motifs is 5. The minimum atomic E-state index is -0.666. The molecule has 1 N–H and O–H groups in total. The third kappa shape index (κ3) is 2.37. The van der Waals surface area contributed by atoms with Gasteiger partial charge in [0.1, 0.15) is 6.10 Å². The van der Waals surface area contributed by atoms with E-state index in [9.17, 15) is 14.7 Å². The number of allylic oxidation sites excluding steroid dienone is 1. The summed E-state index contributed by atoms with van der Waals surface area (Å²) in [5.74, 6) is 0.701. The lowest BCUT2D eigenvalue weighted by atomic mass is 9.47. The van der Waals surface area contributed by atoms with Crippen LogP contribution in [0, 0.1) is 28.6 Å². The average Bonchev–Trinajstić information content (AvgIpc) is 2.79.